The van der Waals surface area contributed by atoms with Crippen molar-refractivity contribution < 1.29 is 4.74 Å². The Balaban J connectivity index is 2.21. The molecule has 0 amide bonds. The van der Waals surface area contributed by atoms with Gasteiger partial charge in [0.1, 0.15) is 5.69 Å². The summed E-state index contributed by atoms with van der Waals surface area (Å²) >= 11 is 0. The highest BCUT2D eigenvalue weighted by Gasteiger charge is 2.16. The van der Waals surface area contributed by atoms with Gasteiger partial charge in [-0.3, -0.25) is 4.68 Å². The van der Waals surface area contributed by atoms with Crippen LogP contribution in [0.5, 0.6) is 0 Å². The summed E-state index contributed by atoms with van der Waals surface area (Å²) in [5.41, 5.74) is 4.29. The van der Waals surface area contributed by atoms with E-state index in [4.69, 9.17) is 4.74 Å². The summed E-state index contributed by atoms with van der Waals surface area (Å²) in [6, 6.07) is 0. The Kier molecular flexibility index (Phi) is 12.8. The molecule has 1 aromatic rings. The number of aromatic nitrogens is 3. The lowest BCUT2D eigenvalue weighted by molar-refractivity contribution is 0.0875. The molecule has 0 fully saturated rings. The summed E-state index contributed by atoms with van der Waals surface area (Å²) < 4.78 is 7.77. The van der Waals surface area contributed by atoms with E-state index in [1.807, 2.05) is 10.9 Å². The third-order valence-electron chi connectivity index (χ3n) is 5.46. The predicted octanol–water partition coefficient (Wildman–Crippen LogP) is 7.26. The third kappa shape index (κ3) is 12.7. The van der Waals surface area contributed by atoms with Crippen LogP contribution < -0.4 is 0 Å². The van der Waals surface area contributed by atoms with Crippen LogP contribution in [-0.4, -0.2) is 21.6 Å². The zero-order chi connectivity index (χ0) is 21.5. The van der Waals surface area contributed by atoms with Gasteiger partial charge < -0.3 is 4.74 Å². The van der Waals surface area contributed by atoms with Crippen LogP contribution in [0.4, 0.5) is 0 Å². The maximum atomic E-state index is 5.82. The fourth-order valence-electron chi connectivity index (χ4n) is 3.50. The molecule has 0 bridgehead atoms. The van der Waals surface area contributed by atoms with Crippen molar-refractivity contribution >= 4 is 0 Å². The Labute approximate surface area is 179 Å². The molecule has 166 valence electrons. The Morgan fingerprint density at radius 3 is 2.48 bits per heavy atom. The van der Waals surface area contributed by atoms with Gasteiger partial charge in [-0.1, -0.05) is 69.0 Å². The molecule has 4 nitrogen and oxygen atoms in total. The molecule has 0 aromatic carbocycles. The quantitative estimate of drug-likeness (QED) is 0.215. The van der Waals surface area contributed by atoms with E-state index < -0.39 is 0 Å². The lowest BCUT2D eigenvalue weighted by Gasteiger charge is -2.23. The number of aryl methyl sites for hydroxylation is 1. The Morgan fingerprint density at radius 1 is 1.03 bits per heavy atom. The molecule has 0 N–H and O–H groups in total. The molecule has 0 saturated carbocycles. The molecule has 0 aliphatic carbocycles. The van der Waals surface area contributed by atoms with E-state index in [1.165, 1.54) is 43.3 Å². The van der Waals surface area contributed by atoms with E-state index in [2.05, 4.69) is 64.0 Å². The van der Waals surface area contributed by atoms with Crippen LogP contribution in [0.25, 0.3) is 0 Å². The van der Waals surface area contributed by atoms with Crippen LogP contribution in [0.3, 0.4) is 0 Å². The second-order valence-corrected chi connectivity index (χ2v) is 9.22. The van der Waals surface area contributed by atoms with E-state index in [0.29, 0.717) is 12.0 Å². The smallest absolute Gasteiger partial charge is 0.108 e. The highest BCUT2D eigenvalue weighted by molar-refractivity contribution is 5.03. The zero-order valence-corrected chi connectivity index (χ0v) is 20.0. The van der Waals surface area contributed by atoms with Crippen molar-refractivity contribution in [3.8, 4) is 0 Å². The molecule has 1 heterocycles. The molecule has 1 rings (SSSR count). The molecule has 0 atom stereocenters. The highest BCUT2D eigenvalue weighted by atomic mass is 16.5. The molecule has 0 aliphatic heterocycles. The van der Waals surface area contributed by atoms with Crippen LogP contribution in [0.15, 0.2) is 29.5 Å². The third-order valence-corrected chi connectivity index (χ3v) is 5.46. The first-order valence-corrected chi connectivity index (χ1v) is 11.6. The van der Waals surface area contributed by atoms with Gasteiger partial charge in [0.15, 0.2) is 0 Å². The van der Waals surface area contributed by atoms with Crippen LogP contribution in [0.1, 0.15) is 105 Å². The van der Waals surface area contributed by atoms with Crippen molar-refractivity contribution in [2.45, 2.75) is 112 Å². The second-order valence-electron chi connectivity index (χ2n) is 9.22. The minimum Gasteiger partial charge on any atom is -0.375 e. The highest BCUT2D eigenvalue weighted by Crippen LogP contribution is 2.26. The Bertz CT molecular complexity index is 613. The van der Waals surface area contributed by atoms with Crippen LogP contribution in [0, 0.1) is 5.41 Å². The van der Waals surface area contributed by atoms with Crippen LogP contribution in [-0.2, 0) is 17.9 Å². The molecule has 0 spiro atoms. The van der Waals surface area contributed by atoms with Gasteiger partial charge in [0.25, 0.3) is 0 Å². The van der Waals surface area contributed by atoms with E-state index in [1.54, 1.807) is 0 Å². The summed E-state index contributed by atoms with van der Waals surface area (Å²) in [5.74, 6) is 0. The number of ether oxygens (including phenoxy) is 1. The van der Waals surface area contributed by atoms with E-state index in [0.717, 1.165) is 44.5 Å². The largest absolute Gasteiger partial charge is 0.375 e. The van der Waals surface area contributed by atoms with Crippen molar-refractivity contribution in [3.63, 3.8) is 0 Å². The number of nitrogens with zero attached hydrogens (tertiary/aromatic N) is 3. The summed E-state index contributed by atoms with van der Waals surface area (Å²) in [6.07, 6.45) is 17.4. The van der Waals surface area contributed by atoms with Gasteiger partial charge in [-0.15, -0.1) is 5.10 Å². The van der Waals surface area contributed by atoms with E-state index >= 15 is 0 Å². The van der Waals surface area contributed by atoms with Gasteiger partial charge in [-0.2, -0.15) is 0 Å². The van der Waals surface area contributed by atoms with Crippen molar-refractivity contribution in [2.75, 3.05) is 6.61 Å². The Hall–Kier alpha value is -1.42. The van der Waals surface area contributed by atoms with Crippen molar-refractivity contribution in [3.05, 3.63) is 35.2 Å². The SMILES string of the molecule is CCC/C=C(\C)CC/C=C(\C)CCCn1cc(COCCC(C)(C)CCC)nn1. The number of hydrogen-bond acceptors (Lipinski definition) is 3. The van der Waals surface area contributed by atoms with Gasteiger partial charge in [0.2, 0.25) is 0 Å². The fourth-order valence-corrected chi connectivity index (χ4v) is 3.50. The van der Waals surface area contributed by atoms with Crippen LogP contribution in [0.2, 0.25) is 0 Å². The number of hydrogen-bond donors (Lipinski definition) is 0. The average molecular weight is 404 g/mol. The molecule has 0 saturated heterocycles. The molecular formula is C25H45N3O. The maximum absolute atomic E-state index is 5.82. The molecular weight excluding hydrogens is 358 g/mol. The topological polar surface area (TPSA) is 39.9 Å². The van der Waals surface area contributed by atoms with Crippen molar-refractivity contribution in [1.82, 2.24) is 15.0 Å². The van der Waals surface area contributed by atoms with Crippen LogP contribution >= 0.6 is 0 Å². The normalized spacial score (nSPS) is 13.3. The first-order valence-electron chi connectivity index (χ1n) is 11.6. The van der Waals surface area contributed by atoms with Gasteiger partial charge in [-0.05, 0) is 64.2 Å². The monoisotopic (exact) mass is 403 g/mol. The number of allylic oxidation sites excluding steroid dienone is 4. The molecule has 0 aliphatic rings. The summed E-state index contributed by atoms with van der Waals surface area (Å²) in [6.45, 7) is 15.9. The molecule has 0 unspecified atom stereocenters. The van der Waals surface area contributed by atoms with E-state index in [-0.39, 0.29) is 0 Å². The van der Waals surface area contributed by atoms with Gasteiger partial charge >= 0.3 is 0 Å². The van der Waals surface area contributed by atoms with E-state index in [9.17, 15) is 0 Å². The Morgan fingerprint density at radius 2 is 1.76 bits per heavy atom. The lowest BCUT2D eigenvalue weighted by atomic mass is 9.85. The molecule has 0 radical (unpaired) electrons. The number of unbranched alkanes of at least 4 members (excludes halogenated alkanes) is 1. The van der Waals surface area contributed by atoms with Crippen molar-refractivity contribution in [1.29, 1.82) is 0 Å². The minimum atomic E-state index is 0.363. The van der Waals surface area contributed by atoms with Gasteiger partial charge in [0, 0.05) is 13.2 Å². The first kappa shape index (κ1) is 25.6. The lowest BCUT2D eigenvalue weighted by Crippen LogP contribution is -2.14. The number of rotatable bonds is 16. The maximum Gasteiger partial charge on any atom is 0.108 e. The summed E-state index contributed by atoms with van der Waals surface area (Å²) in [4.78, 5) is 0. The summed E-state index contributed by atoms with van der Waals surface area (Å²) in [5, 5.41) is 8.49. The van der Waals surface area contributed by atoms with Crippen molar-refractivity contribution in [2.24, 2.45) is 5.41 Å². The molecule has 29 heavy (non-hydrogen) atoms. The van der Waals surface area contributed by atoms with Gasteiger partial charge in [0.05, 0.1) is 12.8 Å². The average Bonchev–Trinajstić information content (AvgIpc) is 3.11. The first-order chi connectivity index (χ1) is 13.9. The zero-order valence-electron chi connectivity index (χ0n) is 20.0. The predicted molar refractivity (Wildman–Crippen MR) is 124 cm³/mol. The standard InChI is InChI=1S/C25H45N3O/c1-7-9-12-22(3)13-10-14-23(4)15-11-18-28-20-24(26-27-28)21-29-19-17-25(5,6)16-8-2/h12,14,20H,7-11,13,15-19,21H2,1-6H3/b22-12+,23-14+. The summed E-state index contributed by atoms with van der Waals surface area (Å²) in [7, 11) is 0. The minimum absolute atomic E-state index is 0.363. The van der Waals surface area contributed by atoms with Gasteiger partial charge in [-0.25, -0.2) is 0 Å². The molecule has 1 aromatic heterocycles. The fraction of sp³-hybridized carbons (Fsp3) is 0.760. The molecule has 4 heteroatoms. The second kappa shape index (κ2) is 14.5.